The third kappa shape index (κ3) is 5.12. The molecule has 266 valence electrons. The number of fused-ring (bicyclic) bond motifs is 11. The fourth-order valence-electron chi connectivity index (χ4n) is 8.62. The van der Waals surface area contributed by atoms with Crippen LogP contribution in [0.3, 0.4) is 0 Å². The maximum absolute atomic E-state index is 6.53. The van der Waals surface area contributed by atoms with Crippen LogP contribution in [0.4, 0.5) is 17.1 Å². The fraction of sp³-hybridized carbons (Fsp3) is 0. The molecule has 0 unspecified atom stereocenters. The first-order valence-electron chi connectivity index (χ1n) is 19.3. The molecule has 0 saturated heterocycles. The predicted octanol–water partition coefficient (Wildman–Crippen LogP) is 15.1. The van der Waals surface area contributed by atoms with Gasteiger partial charge in [0, 0.05) is 61.0 Å². The number of para-hydroxylation sites is 2. The van der Waals surface area contributed by atoms with Gasteiger partial charge < -0.3 is 13.7 Å². The molecule has 0 bridgehead atoms. The van der Waals surface area contributed by atoms with Crippen molar-refractivity contribution < 1.29 is 8.83 Å². The molecule has 3 aromatic heterocycles. The average Bonchev–Trinajstić information content (AvgIpc) is 3.86. The van der Waals surface area contributed by atoms with Crippen LogP contribution in [0.25, 0.3) is 98.6 Å². The Morgan fingerprint density at radius 1 is 0.333 bits per heavy atom. The minimum atomic E-state index is 0.893. The average molecular weight is 729 g/mol. The number of anilines is 3. The molecule has 0 radical (unpaired) electrons. The van der Waals surface area contributed by atoms with Gasteiger partial charge in [0.05, 0.1) is 5.52 Å². The van der Waals surface area contributed by atoms with Gasteiger partial charge in [-0.3, -0.25) is 4.98 Å². The number of hydrogen-bond donors (Lipinski definition) is 0. The molecule has 0 saturated carbocycles. The summed E-state index contributed by atoms with van der Waals surface area (Å²) in [4.78, 5) is 6.82. The van der Waals surface area contributed by atoms with Crippen LogP contribution in [0.15, 0.2) is 203 Å². The molecule has 0 fully saturated rings. The fourth-order valence-corrected chi connectivity index (χ4v) is 8.62. The third-order valence-corrected chi connectivity index (χ3v) is 11.5. The first-order chi connectivity index (χ1) is 28.2. The van der Waals surface area contributed by atoms with Crippen LogP contribution in [0.1, 0.15) is 0 Å². The van der Waals surface area contributed by atoms with E-state index in [1.165, 1.54) is 11.1 Å². The van der Waals surface area contributed by atoms with E-state index in [9.17, 15) is 0 Å². The Balaban J connectivity index is 0.990. The van der Waals surface area contributed by atoms with Crippen molar-refractivity contribution in [3.63, 3.8) is 0 Å². The zero-order valence-corrected chi connectivity index (χ0v) is 30.7. The van der Waals surface area contributed by atoms with Gasteiger partial charge in [-0.25, -0.2) is 0 Å². The molecule has 57 heavy (non-hydrogen) atoms. The SMILES string of the molecule is c1cnc2ccc(-c3ccc(-c4ccc(N(c5ccc6ccc7c8ccccc8oc7c6c5)c5ccc6ccc7c8ccccc8oc7c6c5)cc4)cc3)cc2c1. The van der Waals surface area contributed by atoms with Crippen molar-refractivity contribution in [3.05, 3.63) is 194 Å². The Bertz CT molecular complexity index is 3370. The van der Waals surface area contributed by atoms with Crippen molar-refractivity contribution in [2.75, 3.05) is 4.90 Å². The lowest BCUT2D eigenvalue weighted by Gasteiger charge is -2.26. The molecule has 3 heterocycles. The van der Waals surface area contributed by atoms with Gasteiger partial charge in [-0.05, 0) is 112 Å². The van der Waals surface area contributed by atoms with E-state index in [-0.39, 0.29) is 0 Å². The summed E-state index contributed by atoms with van der Waals surface area (Å²) in [5.74, 6) is 0. The molecular weight excluding hydrogens is 697 g/mol. The second kappa shape index (κ2) is 12.4. The van der Waals surface area contributed by atoms with Gasteiger partial charge in [0.15, 0.2) is 0 Å². The first-order valence-corrected chi connectivity index (χ1v) is 19.3. The highest BCUT2D eigenvalue weighted by Gasteiger charge is 2.18. The molecule has 4 nitrogen and oxygen atoms in total. The summed E-state index contributed by atoms with van der Waals surface area (Å²) in [5.41, 5.74) is 12.4. The Morgan fingerprint density at radius 2 is 0.825 bits per heavy atom. The number of benzene rings is 9. The maximum Gasteiger partial charge on any atom is 0.143 e. The summed E-state index contributed by atoms with van der Waals surface area (Å²) >= 11 is 0. The van der Waals surface area contributed by atoms with Gasteiger partial charge in [-0.2, -0.15) is 0 Å². The van der Waals surface area contributed by atoms with E-state index in [1.807, 2.05) is 36.5 Å². The Morgan fingerprint density at radius 3 is 1.42 bits per heavy atom. The molecule has 0 aliphatic carbocycles. The number of pyridine rings is 1. The van der Waals surface area contributed by atoms with Gasteiger partial charge in [0.1, 0.15) is 22.3 Å². The second-order valence-corrected chi connectivity index (χ2v) is 14.8. The van der Waals surface area contributed by atoms with Crippen molar-refractivity contribution in [1.29, 1.82) is 0 Å². The third-order valence-electron chi connectivity index (χ3n) is 11.5. The summed E-state index contributed by atoms with van der Waals surface area (Å²) < 4.78 is 13.1. The van der Waals surface area contributed by atoms with E-state index in [2.05, 4.69) is 168 Å². The minimum absolute atomic E-state index is 0.893. The largest absolute Gasteiger partial charge is 0.455 e. The van der Waals surface area contributed by atoms with Crippen molar-refractivity contribution in [2.24, 2.45) is 0 Å². The van der Waals surface area contributed by atoms with Crippen LogP contribution in [0.5, 0.6) is 0 Å². The van der Waals surface area contributed by atoms with Crippen LogP contribution >= 0.6 is 0 Å². The Kier molecular flexibility index (Phi) is 6.89. The van der Waals surface area contributed by atoms with E-state index in [0.29, 0.717) is 0 Å². The van der Waals surface area contributed by atoms with E-state index in [4.69, 9.17) is 8.83 Å². The molecule has 0 N–H and O–H groups in total. The molecule has 0 spiro atoms. The van der Waals surface area contributed by atoms with Crippen LogP contribution in [-0.2, 0) is 0 Å². The number of hydrogen-bond acceptors (Lipinski definition) is 4. The molecule has 12 rings (SSSR count). The lowest BCUT2D eigenvalue weighted by Crippen LogP contribution is -2.10. The smallest absolute Gasteiger partial charge is 0.143 e. The van der Waals surface area contributed by atoms with E-state index >= 15 is 0 Å². The van der Waals surface area contributed by atoms with Crippen molar-refractivity contribution in [1.82, 2.24) is 4.98 Å². The summed E-state index contributed by atoms with van der Waals surface area (Å²) in [5, 5.41) is 10.0. The molecule has 0 amide bonds. The molecule has 0 aliphatic heterocycles. The van der Waals surface area contributed by atoms with E-state index < -0.39 is 0 Å². The Labute approximate surface area is 327 Å². The lowest BCUT2D eigenvalue weighted by molar-refractivity contribution is 0.672. The normalized spacial score (nSPS) is 11.9. The van der Waals surface area contributed by atoms with Gasteiger partial charge >= 0.3 is 0 Å². The molecule has 9 aromatic carbocycles. The highest BCUT2D eigenvalue weighted by molar-refractivity contribution is 6.17. The standard InChI is InChI=1S/C53H32N2O2/c1-3-9-50-43(7-1)45-26-19-36-17-24-41(31-47(36)52(45)56-50)55(42-25-18-37-20-27-46-44-8-2-4-10-51(44)57-53(46)48(37)32-42)40-22-15-34(16-23-40)33-11-13-35(14-12-33)38-21-28-49-39(30-38)6-5-29-54-49/h1-32H. The van der Waals surface area contributed by atoms with Crippen LogP contribution in [0, 0.1) is 0 Å². The highest BCUT2D eigenvalue weighted by atomic mass is 16.3. The Hall–Kier alpha value is -7.69. The van der Waals surface area contributed by atoms with Gasteiger partial charge in [-0.1, -0.05) is 109 Å². The number of aromatic nitrogens is 1. The van der Waals surface area contributed by atoms with Crippen molar-refractivity contribution in [2.45, 2.75) is 0 Å². The summed E-state index contributed by atoms with van der Waals surface area (Å²) in [6.07, 6.45) is 1.84. The first kappa shape index (κ1) is 31.6. The zero-order chi connectivity index (χ0) is 37.5. The van der Waals surface area contributed by atoms with Crippen molar-refractivity contribution >= 4 is 93.4 Å². The number of rotatable bonds is 5. The van der Waals surface area contributed by atoms with Crippen LogP contribution in [-0.4, -0.2) is 4.98 Å². The summed E-state index contributed by atoms with van der Waals surface area (Å²) in [6.45, 7) is 0. The number of nitrogens with zero attached hydrogens (tertiary/aromatic N) is 2. The number of furan rings is 2. The quantitative estimate of drug-likeness (QED) is 0.177. The minimum Gasteiger partial charge on any atom is -0.455 e. The van der Waals surface area contributed by atoms with Gasteiger partial charge in [0.2, 0.25) is 0 Å². The van der Waals surface area contributed by atoms with Crippen LogP contribution in [0.2, 0.25) is 0 Å². The molecule has 0 atom stereocenters. The van der Waals surface area contributed by atoms with Gasteiger partial charge in [-0.15, -0.1) is 0 Å². The second-order valence-electron chi connectivity index (χ2n) is 14.8. The summed E-state index contributed by atoms with van der Waals surface area (Å²) in [6, 6.07) is 66.9. The van der Waals surface area contributed by atoms with Gasteiger partial charge in [0.25, 0.3) is 0 Å². The molecular formula is C53H32N2O2. The molecule has 4 heteroatoms. The monoisotopic (exact) mass is 728 g/mol. The van der Waals surface area contributed by atoms with E-state index in [1.54, 1.807) is 0 Å². The molecule has 12 aromatic rings. The predicted molar refractivity (Wildman–Crippen MR) is 237 cm³/mol. The topological polar surface area (TPSA) is 42.4 Å². The highest BCUT2D eigenvalue weighted by Crippen LogP contribution is 2.43. The van der Waals surface area contributed by atoms with Crippen LogP contribution < -0.4 is 4.90 Å². The lowest BCUT2D eigenvalue weighted by atomic mass is 9.99. The zero-order valence-electron chi connectivity index (χ0n) is 30.7. The maximum atomic E-state index is 6.53. The van der Waals surface area contributed by atoms with E-state index in [0.717, 1.165) is 105 Å². The molecule has 0 aliphatic rings. The summed E-state index contributed by atoms with van der Waals surface area (Å²) in [7, 11) is 0. The van der Waals surface area contributed by atoms with Crippen molar-refractivity contribution in [3.8, 4) is 22.3 Å².